The molecular formula is C19H20BrN5. The number of aromatic nitrogens is 2. The van der Waals surface area contributed by atoms with Crippen LogP contribution in [0.15, 0.2) is 59.1 Å². The van der Waals surface area contributed by atoms with Crippen molar-refractivity contribution < 1.29 is 0 Å². The van der Waals surface area contributed by atoms with Gasteiger partial charge >= 0.3 is 0 Å². The number of hydrogen-bond donors (Lipinski definition) is 2. The summed E-state index contributed by atoms with van der Waals surface area (Å²) in [5, 5.41) is 6.65. The lowest BCUT2D eigenvalue weighted by Gasteiger charge is -2.14. The van der Waals surface area contributed by atoms with E-state index in [-0.39, 0.29) is 0 Å². The molecule has 0 amide bonds. The van der Waals surface area contributed by atoms with Gasteiger partial charge in [-0.05, 0) is 59.3 Å². The summed E-state index contributed by atoms with van der Waals surface area (Å²) in [4.78, 5) is 11.0. The Labute approximate surface area is 156 Å². The van der Waals surface area contributed by atoms with Gasteiger partial charge in [-0.15, -0.1) is 0 Å². The highest BCUT2D eigenvalue weighted by molar-refractivity contribution is 9.10. The smallest absolute Gasteiger partial charge is 0.136 e. The molecule has 3 aromatic rings. The van der Waals surface area contributed by atoms with E-state index in [2.05, 4.69) is 53.6 Å². The largest absolute Gasteiger partial charge is 0.378 e. The van der Waals surface area contributed by atoms with Gasteiger partial charge in [0.15, 0.2) is 0 Å². The number of aryl methyl sites for hydroxylation is 1. The molecule has 2 N–H and O–H groups in total. The first-order chi connectivity index (χ1) is 12.0. The SMILES string of the molecule is Cc1nc(Nc2ccc(N(C)C)cc2)cc(Nc2ccccc2Br)n1. The van der Waals surface area contributed by atoms with Gasteiger partial charge in [0.05, 0.1) is 5.69 Å². The average molecular weight is 398 g/mol. The quantitative estimate of drug-likeness (QED) is 0.626. The highest BCUT2D eigenvalue weighted by atomic mass is 79.9. The van der Waals surface area contributed by atoms with Crippen LogP contribution < -0.4 is 15.5 Å². The summed E-state index contributed by atoms with van der Waals surface area (Å²) in [6.45, 7) is 1.88. The number of hydrogen-bond acceptors (Lipinski definition) is 5. The molecule has 0 aliphatic carbocycles. The minimum absolute atomic E-state index is 0.699. The first kappa shape index (κ1) is 17.2. The molecule has 5 nitrogen and oxygen atoms in total. The fourth-order valence-corrected chi connectivity index (χ4v) is 2.77. The van der Waals surface area contributed by atoms with Crippen molar-refractivity contribution >= 4 is 44.6 Å². The van der Waals surface area contributed by atoms with Gasteiger partial charge in [0.2, 0.25) is 0 Å². The van der Waals surface area contributed by atoms with Gasteiger partial charge in [0.25, 0.3) is 0 Å². The van der Waals surface area contributed by atoms with E-state index in [1.165, 1.54) is 0 Å². The van der Waals surface area contributed by atoms with Crippen molar-refractivity contribution in [3.05, 3.63) is 64.9 Å². The minimum Gasteiger partial charge on any atom is -0.378 e. The molecule has 0 aliphatic heterocycles. The van der Waals surface area contributed by atoms with E-state index in [0.29, 0.717) is 5.82 Å². The van der Waals surface area contributed by atoms with Gasteiger partial charge in [-0.3, -0.25) is 0 Å². The van der Waals surface area contributed by atoms with Crippen molar-refractivity contribution in [3.8, 4) is 0 Å². The summed E-state index contributed by atoms with van der Waals surface area (Å²) in [6.07, 6.45) is 0. The van der Waals surface area contributed by atoms with E-state index in [1.807, 2.05) is 63.5 Å². The fourth-order valence-electron chi connectivity index (χ4n) is 2.39. The Morgan fingerprint density at radius 3 is 2.16 bits per heavy atom. The van der Waals surface area contributed by atoms with E-state index in [9.17, 15) is 0 Å². The highest BCUT2D eigenvalue weighted by Crippen LogP contribution is 2.26. The maximum Gasteiger partial charge on any atom is 0.136 e. The second-order valence-corrected chi connectivity index (χ2v) is 6.71. The van der Waals surface area contributed by atoms with Crippen molar-refractivity contribution in [2.24, 2.45) is 0 Å². The van der Waals surface area contributed by atoms with E-state index in [1.54, 1.807) is 0 Å². The Balaban J connectivity index is 1.80. The van der Waals surface area contributed by atoms with Gasteiger partial charge in [0.1, 0.15) is 17.5 Å². The van der Waals surface area contributed by atoms with Crippen LogP contribution in [0.2, 0.25) is 0 Å². The van der Waals surface area contributed by atoms with Crippen LogP contribution >= 0.6 is 15.9 Å². The Hall–Kier alpha value is -2.60. The fraction of sp³-hybridized carbons (Fsp3) is 0.158. The van der Waals surface area contributed by atoms with Crippen LogP contribution in [0.5, 0.6) is 0 Å². The standard InChI is InChI=1S/C19H20BrN5/c1-13-21-18(23-14-8-10-15(11-9-14)25(2)3)12-19(22-13)24-17-7-5-4-6-16(17)20/h4-12H,1-3H3,(H2,21,22,23,24). The van der Waals surface area contributed by atoms with Crippen LogP contribution in [0.25, 0.3) is 0 Å². The number of nitrogens with zero attached hydrogens (tertiary/aromatic N) is 3. The molecule has 0 radical (unpaired) electrons. The van der Waals surface area contributed by atoms with Crippen LogP contribution in [-0.2, 0) is 0 Å². The molecule has 0 spiro atoms. The van der Waals surface area contributed by atoms with Crippen LogP contribution in [0.3, 0.4) is 0 Å². The molecular weight excluding hydrogens is 378 g/mol. The normalized spacial score (nSPS) is 10.4. The molecule has 0 atom stereocenters. The third-order valence-electron chi connectivity index (χ3n) is 3.63. The molecule has 128 valence electrons. The predicted molar refractivity (Wildman–Crippen MR) is 108 cm³/mol. The molecule has 0 saturated heterocycles. The van der Waals surface area contributed by atoms with Crippen molar-refractivity contribution in [2.75, 3.05) is 29.6 Å². The third-order valence-corrected chi connectivity index (χ3v) is 4.32. The summed E-state index contributed by atoms with van der Waals surface area (Å²) >= 11 is 3.54. The molecule has 2 aromatic carbocycles. The predicted octanol–water partition coefficient (Wildman–Crippen LogP) is 5.10. The first-order valence-electron chi connectivity index (χ1n) is 7.93. The first-order valence-corrected chi connectivity index (χ1v) is 8.72. The molecule has 6 heteroatoms. The molecule has 25 heavy (non-hydrogen) atoms. The Bertz CT molecular complexity index is 862. The van der Waals surface area contributed by atoms with Crippen molar-refractivity contribution in [2.45, 2.75) is 6.92 Å². The topological polar surface area (TPSA) is 53.1 Å². The van der Waals surface area contributed by atoms with Gasteiger partial charge in [-0.25, -0.2) is 9.97 Å². The molecule has 1 aromatic heterocycles. The zero-order chi connectivity index (χ0) is 17.8. The molecule has 0 bridgehead atoms. The molecule has 1 heterocycles. The van der Waals surface area contributed by atoms with Gasteiger partial charge < -0.3 is 15.5 Å². The summed E-state index contributed by atoms with van der Waals surface area (Å²) in [5.74, 6) is 2.19. The Kier molecular flexibility index (Phi) is 5.19. The highest BCUT2D eigenvalue weighted by Gasteiger charge is 2.05. The molecule has 3 rings (SSSR count). The van der Waals surface area contributed by atoms with Gasteiger partial charge in [-0.1, -0.05) is 12.1 Å². The van der Waals surface area contributed by atoms with E-state index in [4.69, 9.17) is 0 Å². The maximum atomic E-state index is 4.47. The van der Waals surface area contributed by atoms with E-state index in [0.717, 1.165) is 33.2 Å². The number of halogens is 1. The number of rotatable bonds is 5. The van der Waals surface area contributed by atoms with Crippen LogP contribution in [0.4, 0.5) is 28.7 Å². The van der Waals surface area contributed by atoms with Crippen molar-refractivity contribution in [1.29, 1.82) is 0 Å². The van der Waals surface area contributed by atoms with Gasteiger partial charge in [-0.2, -0.15) is 0 Å². The summed E-state index contributed by atoms with van der Waals surface area (Å²) in [6, 6.07) is 18.0. The lowest BCUT2D eigenvalue weighted by atomic mass is 10.2. The Morgan fingerprint density at radius 1 is 0.880 bits per heavy atom. The van der Waals surface area contributed by atoms with Crippen LogP contribution in [-0.4, -0.2) is 24.1 Å². The number of anilines is 5. The van der Waals surface area contributed by atoms with Crippen LogP contribution in [0.1, 0.15) is 5.82 Å². The number of benzene rings is 2. The maximum absolute atomic E-state index is 4.47. The lowest BCUT2D eigenvalue weighted by molar-refractivity contribution is 1.06. The van der Waals surface area contributed by atoms with Crippen molar-refractivity contribution in [3.63, 3.8) is 0 Å². The monoisotopic (exact) mass is 397 g/mol. The van der Waals surface area contributed by atoms with Crippen molar-refractivity contribution in [1.82, 2.24) is 9.97 Å². The zero-order valence-electron chi connectivity index (χ0n) is 14.4. The zero-order valence-corrected chi connectivity index (χ0v) is 16.0. The Morgan fingerprint density at radius 2 is 1.52 bits per heavy atom. The van der Waals surface area contributed by atoms with Crippen LogP contribution in [0, 0.1) is 6.92 Å². The second kappa shape index (κ2) is 7.53. The molecule has 0 unspecified atom stereocenters. The molecule has 0 fully saturated rings. The average Bonchev–Trinajstić information content (AvgIpc) is 2.57. The van der Waals surface area contributed by atoms with Gasteiger partial charge in [0, 0.05) is 36.0 Å². The van der Waals surface area contributed by atoms with E-state index >= 15 is 0 Å². The summed E-state index contributed by atoms with van der Waals surface area (Å²) < 4.78 is 0.986. The minimum atomic E-state index is 0.699. The van der Waals surface area contributed by atoms with E-state index < -0.39 is 0 Å². The lowest BCUT2D eigenvalue weighted by Crippen LogP contribution is -2.08. The number of nitrogens with one attached hydrogen (secondary N) is 2. The third kappa shape index (κ3) is 4.48. The molecule has 0 aliphatic rings. The molecule has 0 saturated carbocycles. The second-order valence-electron chi connectivity index (χ2n) is 5.86. The number of para-hydroxylation sites is 1. The summed E-state index contributed by atoms with van der Waals surface area (Å²) in [7, 11) is 4.05. The summed E-state index contributed by atoms with van der Waals surface area (Å²) in [5.41, 5.74) is 3.10.